The van der Waals surface area contributed by atoms with E-state index in [9.17, 15) is 9.90 Å². The molecule has 0 saturated carbocycles. The summed E-state index contributed by atoms with van der Waals surface area (Å²) in [7, 11) is 0. The van der Waals surface area contributed by atoms with Gasteiger partial charge in [-0.3, -0.25) is 4.98 Å². The summed E-state index contributed by atoms with van der Waals surface area (Å²) in [5.41, 5.74) is 3.60. The fourth-order valence-corrected chi connectivity index (χ4v) is 3.69. The van der Waals surface area contributed by atoms with Crippen molar-refractivity contribution in [1.29, 1.82) is 0 Å². The number of aryl methyl sites for hydroxylation is 1. The minimum atomic E-state index is -0.929. The molecule has 1 N–H and O–H groups in total. The van der Waals surface area contributed by atoms with Crippen molar-refractivity contribution < 1.29 is 14.6 Å². The second kappa shape index (κ2) is 5.07. The maximum atomic E-state index is 11.8. The Hall–Kier alpha value is -1.46. The predicted molar refractivity (Wildman–Crippen MR) is 83.8 cm³/mol. The number of benzene rings is 1. The van der Waals surface area contributed by atoms with Gasteiger partial charge in [-0.25, -0.2) is 4.79 Å². The van der Waals surface area contributed by atoms with Crippen LogP contribution < -0.4 is 0 Å². The average Bonchev–Trinajstić information content (AvgIpc) is 2.36. The summed E-state index contributed by atoms with van der Waals surface area (Å²) in [6.45, 7) is 5.82. The van der Waals surface area contributed by atoms with Gasteiger partial charge in [0.2, 0.25) is 0 Å². The molecule has 1 aliphatic rings. The van der Waals surface area contributed by atoms with Gasteiger partial charge in [0.15, 0.2) is 0 Å². The minimum Gasteiger partial charge on any atom is -0.478 e. The van der Waals surface area contributed by atoms with Crippen LogP contribution >= 0.6 is 15.9 Å². The zero-order chi connectivity index (χ0) is 15.3. The molecular formula is C16H16BrNO3. The summed E-state index contributed by atoms with van der Waals surface area (Å²) in [6.07, 6.45) is 0.437. The van der Waals surface area contributed by atoms with E-state index >= 15 is 0 Å². The number of nitrogens with zero attached hydrogens (tertiary/aromatic N) is 1. The molecule has 0 radical (unpaired) electrons. The van der Waals surface area contributed by atoms with E-state index in [1.54, 1.807) is 0 Å². The first-order valence-electron chi connectivity index (χ1n) is 6.90. The molecule has 0 saturated heterocycles. The largest absolute Gasteiger partial charge is 0.478 e. The van der Waals surface area contributed by atoms with Gasteiger partial charge in [0.1, 0.15) is 0 Å². The van der Waals surface area contributed by atoms with Gasteiger partial charge >= 0.3 is 5.97 Å². The monoisotopic (exact) mass is 349 g/mol. The summed E-state index contributed by atoms with van der Waals surface area (Å²) < 4.78 is 6.65. The van der Waals surface area contributed by atoms with Gasteiger partial charge in [0, 0.05) is 21.8 Å². The van der Waals surface area contributed by atoms with Crippen molar-refractivity contribution in [3.05, 3.63) is 39.0 Å². The summed E-state index contributed by atoms with van der Waals surface area (Å²) in [5, 5.41) is 10.4. The number of carboxylic acids is 1. The maximum Gasteiger partial charge on any atom is 0.336 e. The molecule has 21 heavy (non-hydrogen) atoms. The van der Waals surface area contributed by atoms with Crippen LogP contribution in [-0.2, 0) is 11.2 Å². The smallest absolute Gasteiger partial charge is 0.336 e. The SMILES string of the molecule is Cc1cc(Br)cc2c(C(=O)O)c3c(nc12)CC(C)OC3C. The second-order valence-corrected chi connectivity index (χ2v) is 6.48. The molecule has 4 nitrogen and oxygen atoms in total. The van der Waals surface area contributed by atoms with Gasteiger partial charge < -0.3 is 9.84 Å². The normalized spacial score (nSPS) is 21.3. The average molecular weight is 350 g/mol. The van der Waals surface area contributed by atoms with Crippen LogP contribution in [0.25, 0.3) is 10.9 Å². The number of hydrogen-bond acceptors (Lipinski definition) is 3. The lowest BCUT2D eigenvalue weighted by Gasteiger charge is -2.29. The van der Waals surface area contributed by atoms with E-state index in [0.717, 1.165) is 21.2 Å². The van der Waals surface area contributed by atoms with Crippen LogP contribution in [0.1, 0.15) is 47.1 Å². The molecule has 2 unspecified atom stereocenters. The molecule has 0 bridgehead atoms. The van der Waals surface area contributed by atoms with E-state index in [1.807, 2.05) is 32.9 Å². The first-order valence-corrected chi connectivity index (χ1v) is 7.69. The molecule has 1 aromatic heterocycles. The zero-order valence-electron chi connectivity index (χ0n) is 12.1. The van der Waals surface area contributed by atoms with Gasteiger partial charge in [0.05, 0.1) is 29.0 Å². The lowest BCUT2D eigenvalue weighted by molar-refractivity contribution is -0.00661. The highest BCUT2D eigenvalue weighted by Gasteiger charge is 2.30. The number of carboxylic acid groups (broad SMARTS) is 1. The van der Waals surface area contributed by atoms with Crippen molar-refractivity contribution in [2.24, 2.45) is 0 Å². The van der Waals surface area contributed by atoms with Gasteiger partial charge in [0.25, 0.3) is 0 Å². The molecule has 3 rings (SSSR count). The number of ether oxygens (including phenoxy) is 1. The molecule has 0 spiro atoms. The fourth-order valence-electron chi connectivity index (χ4n) is 3.12. The molecule has 0 aliphatic carbocycles. The van der Waals surface area contributed by atoms with Crippen LogP contribution in [-0.4, -0.2) is 22.2 Å². The Balaban J connectivity index is 2.45. The van der Waals surface area contributed by atoms with Crippen LogP contribution in [0, 0.1) is 6.92 Å². The van der Waals surface area contributed by atoms with Gasteiger partial charge in [-0.2, -0.15) is 0 Å². The molecule has 2 heterocycles. The fraction of sp³-hybridized carbons (Fsp3) is 0.375. The third-order valence-electron chi connectivity index (χ3n) is 3.90. The van der Waals surface area contributed by atoms with Crippen LogP contribution in [0.5, 0.6) is 0 Å². The molecule has 2 atom stereocenters. The Bertz CT molecular complexity index is 757. The Kier molecular flexibility index (Phi) is 3.50. The van der Waals surface area contributed by atoms with Crippen molar-refractivity contribution in [2.45, 2.75) is 39.4 Å². The highest BCUT2D eigenvalue weighted by Crippen LogP contribution is 2.37. The van der Waals surface area contributed by atoms with Crippen molar-refractivity contribution in [2.75, 3.05) is 0 Å². The zero-order valence-corrected chi connectivity index (χ0v) is 13.7. The van der Waals surface area contributed by atoms with E-state index in [-0.39, 0.29) is 12.2 Å². The topological polar surface area (TPSA) is 59.4 Å². The molecule has 1 aliphatic heterocycles. The lowest BCUT2D eigenvalue weighted by Crippen LogP contribution is -2.26. The standard InChI is InChI=1S/C16H16BrNO3/c1-7-4-10(17)6-11-14(16(19)20)13-9(3)21-8(2)5-12(13)18-15(7)11/h4,6,8-9H,5H2,1-3H3,(H,19,20). The molecule has 1 aromatic carbocycles. The summed E-state index contributed by atoms with van der Waals surface area (Å²) in [6, 6.07) is 3.78. The van der Waals surface area contributed by atoms with Gasteiger partial charge in [-0.15, -0.1) is 0 Å². The van der Waals surface area contributed by atoms with Crippen molar-refractivity contribution in [3.63, 3.8) is 0 Å². The number of aromatic nitrogens is 1. The second-order valence-electron chi connectivity index (χ2n) is 5.56. The Morgan fingerprint density at radius 1 is 1.43 bits per heavy atom. The number of rotatable bonds is 1. The molecule has 0 amide bonds. The van der Waals surface area contributed by atoms with E-state index < -0.39 is 5.97 Å². The number of aromatic carboxylic acids is 1. The Labute approximate surface area is 131 Å². The van der Waals surface area contributed by atoms with E-state index in [0.29, 0.717) is 22.9 Å². The van der Waals surface area contributed by atoms with Gasteiger partial charge in [-0.05, 0) is 38.5 Å². The minimum absolute atomic E-state index is 0.0508. The van der Waals surface area contributed by atoms with Crippen LogP contribution in [0.3, 0.4) is 0 Å². The number of carbonyl (C=O) groups is 1. The van der Waals surface area contributed by atoms with Crippen LogP contribution in [0.4, 0.5) is 0 Å². The molecule has 2 aromatic rings. The molecule has 5 heteroatoms. The lowest BCUT2D eigenvalue weighted by atomic mass is 9.91. The third kappa shape index (κ3) is 2.34. The number of halogens is 1. The maximum absolute atomic E-state index is 11.8. The summed E-state index contributed by atoms with van der Waals surface area (Å²) >= 11 is 3.44. The predicted octanol–water partition coefficient (Wildman–Crippen LogP) is 4.03. The first-order chi connectivity index (χ1) is 9.88. The number of hydrogen-bond donors (Lipinski definition) is 1. The van der Waals surface area contributed by atoms with Crippen LogP contribution in [0.2, 0.25) is 0 Å². The van der Waals surface area contributed by atoms with E-state index in [1.165, 1.54) is 0 Å². The first kappa shape index (κ1) is 14.5. The third-order valence-corrected chi connectivity index (χ3v) is 4.36. The molecule has 0 fully saturated rings. The van der Waals surface area contributed by atoms with Crippen molar-refractivity contribution in [3.8, 4) is 0 Å². The quantitative estimate of drug-likeness (QED) is 0.844. The van der Waals surface area contributed by atoms with E-state index in [2.05, 4.69) is 15.9 Å². The van der Waals surface area contributed by atoms with Gasteiger partial charge in [-0.1, -0.05) is 15.9 Å². The Morgan fingerprint density at radius 3 is 2.81 bits per heavy atom. The number of fused-ring (bicyclic) bond motifs is 2. The number of pyridine rings is 1. The summed E-state index contributed by atoms with van der Waals surface area (Å²) in [5.74, 6) is -0.929. The Morgan fingerprint density at radius 2 is 2.14 bits per heavy atom. The summed E-state index contributed by atoms with van der Waals surface area (Å²) in [4.78, 5) is 16.6. The van der Waals surface area contributed by atoms with Crippen molar-refractivity contribution >= 4 is 32.8 Å². The van der Waals surface area contributed by atoms with Crippen LogP contribution in [0.15, 0.2) is 16.6 Å². The highest BCUT2D eigenvalue weighted by molar-refractivity contribution is 9.10. The molecular weight excluding hydrogens is 334 g/mol. The van der Waals surface area contributed by atoms with E-state index in [4.69, 9.17) is 9.72 Å². The van der Waals surface area contributed by atoms with Crippen molar-refractivity contribution in [1.82, 2.24) is 4.98 Å². The highest BCUT2D eigenvalue weighted by atomic mass is 79.9. The molecule has 110 valence electrons.